The van der Waals surface area contributed by atoms with Crippen molar-refractivity contribution in [2.45, 2.75) is 45.3 Å². The molecule has 1 aromatic rings. The zero-order chi connectivity index (χ0) is 12.0. The molecule has 5 heteroatoms. The molecule has 3 N–H and O–H groups in total. The third-order valence-corrected chi connectivity index (χ3v) is 3.64. The minimum absolute atomic E-state index is 0.281. The van der Waals surface area contributed by atoms with Crippen molar-refractivity contribution in [3.05, 3.63) is 16.1 Å². The molecule has 0 saturated carbocycles. The molecule has 0 bridgehead atoms. The van der Waals surface area contributed by atoms with Crippen molar-refractivity contribution >= 4 is 11.3 Å². The van der Waals surface area contributed by atoms with E-state index in [0.29, 0.717) is 0 Å². The van der Waals surface area contributed by atoms with E-state index in [2.05, 4.69) is 22.7 Å². The Kier molecular flexibility index (Phi) is 5.90. The number of nitrogens with one attached hydrogen (secondary N) is 1. The SMILES string of the molecule is COC(C)CCC(Cc1nc(C)cs1)NN. The van der Waals surface area contributed by atoms with E-state index in [1.54, 1.807) is 18.4 Å². The zero-order valence-corrected chi connectivity index (χ0v) is 11.0. The lowest BCUT2D eigenvalue weighted by Gasteiger charge is -2.16. The molecular formula is C11H21N3OS. The Bertz CT molecular complexity index is 303. The smallest absolute Gasteiger partial charge is 0.0944 e. The maximum atomic E-state index is 5.54. The van der Waals surface area contributed by atoms with Gasteiger partial charge in [0.15, 0.2) is 0 Å². The number of methoxy groups -OCH3 is 1. The fourth-order valence-corrected chi connectivity index (χ4v) is 2.36. The van der Waals surface area contributed by atoms with Gasteiger partial charge < -0.3 is 4.74 Å². The number of ether oxygens (including phenoxy) is 1. The molecule has 0 aliphatic rings. The molecule has 0 radical (unpaired) electrons. The van der Waals surface area contributed by atoms with Crippen molar-refractivity contribution in [2.24, 2.45) is 5.84 Å². The van der Waals surface area contributed by atoms with E-state index in [1.807, 2.05) is 6.92 Å². The van der Waals surface area contributed by atoms with Crippen LogP contribution < -0.4 is 11.3 Å². The molecule has 2 unspecified atom stereocenters. The number of nitrogens with two attached hydrogens (primary N) is 1. The van der Waals surface area contributed by atoms with Crippen molar-refractivity contribution in [3.63, 3.8) is 0 Å². The van der Waals surface area contributed by atoms with Gasteiger partial charge in [-0.3, -0.25) is 11.3 Å². The number of aryl methyl sites for hydroxylation is 1. The van der Waals surface area contributed by atoms with Gasteiger partial charge in [0.05, 0.1) is 11.1 Å². The summed E-state index contributed by atoms with van der Waals surface area (Å²) in [4.78, 5) is 4.44. The van der Waals surface area contributed by atoms with Gasteiger partial charge >= 0.3 is 0 Å². The van der Waals surface area contributed by atoms with Crippen LogP contribution in [0, 0.1) is 6.92 Å². The number of hydrogen-bond donors (Lipinski definition) is 2. The van der Waals surface area contributed by atoms with Crippen molar-refractivity contribution < 1.29 is 4.74 Å². The highest BCUT2D eigenvalue weighted by Gasteiger charge is 2.11. The summed E-state index contributed by atoms with van der Waals surface area (Å²) in [6, 6.07) is 0.281. The lowest BCUT2D eigenvalue weighted by Crippen LogP contribution is -2.37. The molecule has 0 saturated heterocycles. The Labute approximate surface area is 101 Å². The lowest BCUT2D eigenvalue weighted by molar-refractivity contribution is 0.106. The molecule has 0 fully saturated rings. The molecule has 4 nitrogen and oxygen atoms in total. The Morgan fingerprint density at radius 2 is 2.31 bits per heavy atom. The second-order valence-corrected chi connectivity index (χ2v) is 5.02. The van der Waals surface area contributed by atoms with Crippen LogP contribution in [0.3, 0.4) is 0 Å². The first kappa shape index (κ1) is 13.6. The Morgan fingerprint density at radius 3 is 2.81 bits per heavy atom. The molecule has 2 atom stereocenters. The summed E-state index contributed by atoms with van der Waals surface area (Å²) in [6.07, 6.45) is 3.19. The minimum atomic E-state index is 0.281. The predicted molar refractivity (Wildman–Crippen MR) is 67.4 cm³/mol. The summed E-state index contributed by atoms with van der Waals surface area (Å²) in [5.74, 6) is 5.54. The van der Waals surface area contributed by atoms with Crippen molar-refractivity contribution in [1.29, 1.82) is 0 Å². The molecule has 92 valence electrons. The second-order valence-electron chi connectivity index (χ2n) is 4.07. The number of thiazole rings is 1. The van der Waals surface area contributed by atoms with Gasteiger partial charge in [-0.1, -0.05) is 0 Å². The van der Waals surface area contributed by atoms with Gasteiger partial charge in [0.25, 0.3) is 0 Å². The standard InChI is InChI=1S/C11H21N3OS/c1-8-7-16-11(13-8)6-10(14-12)5-4-9(2)15-3/h7,9-10,14H,4-6,12H2,1-3H3. The highest BCUT2D eigenvalue weighted by molar-refractivity contribution is 7.09. The largest absolute Gasteiger partial charge is 0.382 e. The van der Waals surface area contributed by atoms with Gasteiger partial charge in [-0.15, -0.1) is 11.3 Å². The zero-order valence-electron chi connectivity index (χ0n) is 10.2. The van der Waals surface area contributed by atoms with Crippen LogP contribution in [-0.2, 0) is 11.2 Å². The Morgan fingerprint density at radius 1 is 1.56 bits per heavy atom. The number of rotatable bonds is 7. The Hall–Kier alpha value is -0.490. The molecular weight excluding hydrogens is 222 g/mol. The van der Waals surface area contributed by atoms with Crippen LogP contribution in [0.15, 0.2) is 5.38 Å². The molecule has 0 amide bonds. The topological polar surface area (TPSA) is 60.2 Å². The molecule has 0 aliphatic carbocycles. The Balaban J connectivity index is 2.37. The molecule has 0 aromatic carbocycles. The minimum Gasteiger partial charge on any atom is -0.382 e. The van der Waals surface area contributed by atoms with E-state index in [-0.39, 0.29) is 12.1 Å². The maximum Gasteiger partial charge on any atom is 0.0944 e. The van der Waals surface area contributed by atoms with Crippen LogP contribution in [0.2, 0.25) is 0 Å². The van der Waals surface area contributed by atoms with Gasteiger partial charge in [-0.05, 0) is 26.7 Å². The lowest BCUT2D eigenvalue weighted by atomic mass is 10.1. The average molecular weight is 243 g/mol. The van der Waals surface area contributed by atoms with Gasteiger partial charge in [0.2, 0.25) is 0 Å². The summed E-state index contributed by atoms with van der Waals surface area (Å²) in [6.45, 7) is 4.08. The van der Waals surface area contributed by atoms with Crippen LogP contribution in [0.1, 0.15) is 30.5 Å². The van der Waals surface area contributed by atoms with Crippen LogP contribution in [0.4, 0.5) is 0 Å². The summed E-state index contributed by atoms with van der Waals surface area (Å²) in [7, 11) is 1.74. The average Bonchev–Trinajstić information content (AvgIpc) is 2.69. The number of nitrogens with zero attached hydrogens (tertiary/aromatic N) is 1. The maximum absolute atomic E-state index is 5.54. The molecule has 1 heterocycles. The van der Waals surface area contributed by atoms with Crippen molar-refractivity contribution in [3.8, 4) is 0 Å². The third-order valence-electron chi connectivity index (χ3n) is 2.65. The number of hydrogen-bond acceptors (Lipinski definition) is 5. The summed E-state index contributed by atoms with van der Waals surface area (Å²) >= 11 is 1.70. The third kappa shape index (κ3) is 4.57. The van der Waals surface area contributed by atoms with Crippen LogP contribution in [-0.4, -0.2) is 24.2 Å². The normalized spacial score (nSPS) is 15.0. The van der Waals surface area contributed by atoms with Crippen LogP contribution in [0.25, 0.3) is 0 Å². The van der Waals surface area contributed by atoms with Gasteiger partial charge in [-0.25, -0.2) is 4.98 Å². The van der Waals surface area contributed by atoms with Crippen LogP contribution >= 0.6 is 11.3 Å². The predicted octanol–water partition coefficient (Wildman–Crippen LogP) is 1.64. The fraction of sp³-hybridized carbons (Fsp3) is 0.727. The fourth-order valence-electron chi connectivity index (χ4n) is 1.51. The highest BCUT2D eigenvalue weighted by atomic mass is 32.1. The van der Waals surface area contributed by atoms with E-state index in [0.717, 1.165) is 30.0 Å². The van der Waals surface area contributed by atoms with Crippen LogP contribution in [0.5, 0.6) is 0 Å². The number of aromatic nitrogens is 1. The van der Waals surface area contributed by atoms with E-state index < -0.39 is 0 Å². The van der Waals surface area contributed by atoms with E-state index in [4.69, 9.17) is 10.6 Å². The molecule has 16 heavy (non-hydrogen) atoms. The first-order valence-electron chi connectivity index (χ1n) is 5.55. The first-order valence-corrected chi connectivity index (χ1v) is 6.43. The molecule has 1 aromatic heterocycles. The molecule has 0 aliphatic heterocycles. The summed E-state index contributed by atoms with van der Waals surface area (Å²) in [5, 5.41) is 3.21. The highest BCUT2D eigenvalue weighted by Crippen LogP contribution is 2.13. The van der Waals surface area contributed by atoms with E-state index in [9.17, 15) is 0 Å². The van der Waals surface area contributed by atoms with Gasteiger partial charge in [0.1, 0.15) is 0 Å². The van der Waals surface area contributed by atoms with Crippen molar-refractivity contribution in [2.75, 3.05) is 7.11 Å². The first-order chi connectivity index (χ1) is 7.65. The molecule has 0 spiro atoms. The molecule has 1 rings (SSSR count). The van der Waals surface area contributed by atoms with Gasteiger partial charge in [-0.2, -0.15) is 0 Å². The monoisotopic (exact) mass is 243 g/mol. The quantitative estimate of drug-likeness (QED) is 0.564. The van der Waals surface area contributed by atoms with E-state index >= 15 is 0 Å². The van der Waals surface area contributed by atoms with Gasteiger partial charge in [0, 0.05) is 30.6 Å². The summed E-state index contributed by atoms with van der Waals surface area (Å²) in [5.41, 5.74) is 3.93. The van der Waals surface area contributed by atoms with E-state index in [1.165, 1.54) is 0 Å². The second kappa shape index (κ2) is 6.96. The number of hydrazine groups is 1. The van der Waals surface area contributed by atoms with Crippen molar-refractivity contribution in [1.82, 2.24) is 10.4 Å². The summed E-state index contributed by atoms with van der Waals surface area (Å²) < 4.78 is 5.22.